The van der Waals surface area contributed by atoms with Crippen LogP contribution < -0.4 is 0 Å². The minimum atomic E-state index is 0.0354. The second-order valence-electron chi connectivity index (χ2n) is 7.36. The molecule has 1 unspecified atom stereocenters. The number of H-pyrrole nitrogens is 1. The Hall–Kier alpha value is -2.63. The van der Waals surface area contributed by atoms with Gasteiger partial charge in [0.05, 0.1) is 6.04 Å². The van der Waals surface area contributed by atoms with Crippen LogP contribution in [0.5, 0.6) is 0 Å². The van der Waals surface area contributed by atoms with Crippen molar-refractivity contribution in [3.63, 3.8) is 0 Å². The van der Waals surface area contributed by atoms with Crippen LogP contribution in [0.25, 0.3) is 10.9 Å². The van der Waals surface area contributed by atoms with E-state index in [2.05, 4.69) is 19.7 Å². The lowest BCUT2D eigenvalue weighted by atomic mass is 10.2. The first-order valence-corrected chi connectivity index (χ1v) is 9.62. The fourth-order valence-corrected chi connectivity index (χ4v) is 4.38. The Morgan fingerprint density at radius 2 is 2.00 bits per heavy atom. The van der Waals surface area contributed by atoms with E-state index < -0.39 is 0 Å². The number of nitrogens with one attached hydrogen (secondary N) is 1. The summed E-state index contributed by atoms with van der Waals surface area (Å²) < 4.78 is 2.27. The molecule has 3 aromatic rings. The van der Waals surface area contributed by atoms with Gasteiger partial charge in [0.25, 0.3) is 5.91 Å². The summed E-state index contributed by atoms with van der Waals surface area (Å²) in [5.41, 5.74) is 1.66. The molecule has 6 heteroatoms. The average molecular weight is 349 g/mol. The maximum Gasteiger partial charge on any atom is 0.270 e. The van der Waals surface area contributed by atoms with Crippen LogP contribution in [0.3, 0.4) is 0 Å². The van der Waals surface area contributed by atoms with Crippen molar-refractivity contribution < 1.29 is 4.79 Å². The summed E-state index contributed by atoms with van der Waals surface area (Å²) in [5, 5.41) is 10.0. The molecule has 2 aromatic heterocycles. The molecule has 0 bridgehead atoms. The van der Waals surface area contributed by atoms with Crippen molar-refractivity contribution in [1.29, 1.82) is 0 Å². The van der Waals surface area contributed by atoms with Crippen molar-refractivity contribution in [1.82, 2.24) is 24.6 Å². The molecule has 4 heterocycles. The minimum absolute atomic E-state index is 0.0354. The lowest BCUT2D eigenvalue weighted by molar-refractivity contribution is 0.0722. The van der Waals surface area contributed by atoms with Gasteiger partial charge in [0, 0.05) is 30.4 Å². The number of para-hydroxylation sites is 1. The molecule has 1 N–H and O–H groups in total. The Labute approximate surface area is 152 Å². The van der Waals surface area contributed by atoms with Crippen molar-refractivity contribution in [2.45, 2.75) is 51.1 Å². The van der Waals surface area contributed by atoms with E-state index in [0.29, 0.717) is 5.69 Å². The summed E-state index contributed by atoms with van der Waals surface area (Å²) in [7, 11) is 0. The molecular formula is C20H23N5O. The molecule has 1 aromatic carbocycles. The summed E-state index contributed by atoms with van der Waals surface area (Å²) in [4.78, 5) is 18.5. The molecule has 1 fully saturated rings. The number of hydrogen-bond acceptors (Lipinski definition) is 3. The third-order valence-electron chi connectivity index (χ3n) is 5.71. The molecule has 1 atom stereocenters. The Morgan fingerprint density at radius 3 is 2.92 bits per heavy atom. The molecule has 0 radical (unpaired) electrons. The fraction of sp³-hybridized carbons (Fsp3) is 0.450. The van der Waals surface area contributed by atoms with E-state index in [1.807, 2.05) is 35.2 Å². The largest absolute Gasteiger partial charge is 0.351 e. The first-order chi connectivity index (χ1) is 12.8. The van der Waals surface area contributed by atoms with Crippen molar-refractivity contribution in [3.8, 4) is 0 Å². The van der Waals surface area contributed by atoms with Crippen LogP contribution in [0.15, 0.2) is 30.3 Å². The molecule has 26 heavy (non-hydrogen) atoms. The van der Waals surface area contributed by atoms with Crippen LogP contribution in [0.1, 0.15) is 60.3 Å². The van der Waals surface area contributed by atoms with Crippen molar-refractivity contribution in [2.24, 2.45) is 0 Å². The van der Waals surface area contributed by atoms with E-state index in [1.54, 1.807) is 0 Å². The third-order valence-corrected chi connectivity index (χ3v) is 5.71. The zero-order valence-electron chi connectivity index (χ0n) is 14.8. The highest BCUT2D eigenvalue weighted by Gasteiger charge is 2.35. The van der Waals surface area contributed by atoms with Crippen LogP contribution in [0.4, 0.5) is 0 Å². The van der Waals surface area contributed by atoms with Crippen LogP contribution in [0, 0.1) is 0 Å². The zero-order chi connectivity index (χ0) is 17.5. The number of amides is 1. The van der Waals surface area contributed by atoms with Crippen LogP contribution in [0.2, 0.25) is 0 Å². The number of fused-ring (bicyclic) bond motifs is 2. The normalized spacial score (nSPS) is 20.3. The van der Waals surface area contributed by atoms with Gasteiger partial charge in [-0.15, -0.1) is 10.2 Å². The van der Waals surface area contributed by atoms with E-state index in [9.17, 15) is 4.79 Å². The Morgan fingerprint density at radius 1 is 1.08 bits per heavy atom. The predicted octanol–water partition coefficient (Wildman–Crippen LogP) is 3.46. The SMILES string of the molecule is O=C(c1cc2ccccc2[nH]1)N1CCCC1c1nnc2n1CCCCC2. The standard InChI is InChI=1S/C20H23N5O/c26-20(16-13-14-7-3-4-8-15(14)21-16)24-12-6-9-17(24)19-23-22-18-10-2-1-5-11-25(18)19/h3-4,7-8,13,17,21H,1-2,5-6,9-12H2. The number of carbonyl (C=O) groups excluding carboxylic acids is 1. The summed E-state index contributed by atoms with van der Waals surface area (Å²) in [5.74, 6) is 2.13. The quantitative estimate of drug-likeness (QED) is 0.770. The van der Waals surface area contributed by atoms with Gasteiger partial charge in [0.1, 0.15) is 11.5 Å². The van der Waals surface area contributed by atoms with Gasteiger partial charge >= 0.3 is 0 Å². The summed E-state index contributed by atoms with van der Waals surface area (Å²) in [6.07, 6.45) is 6.56. The predicted molar refractivity (Wildman–Crippen MR) is 98.9 cm³/mol. The molecular weight excluding hydrogens is 326 g/mol. The summed E-state index contributed by atoms with van der Waals surface area (Å²) in [6, 6.07) is 10.0. The summed E-state index contributed by atoms with van der Waals surface area (Å²) in [6.45, 7) is 1.75. The number of benzene rings is 1. The molecule has 0 aliphatic carbocycles. The van der Waals surface area contributed by atoms with Gasteiger partial charge in [-0.25, -0.2) is 0 Å². The molecule has 0 saturated carbocycles. The summed E-state index contributed by atoms with van der Waals surface area (Å²) >= 11 is 0. The second-order valence-corrected chi connectivity index (χ2v) is 7.36. The minimum Gasteiger partial charge on any atom is -0.351 e. The number of hydrogen-bond donors (Lipinski definition) is 1. The monoisotopic (exact) mass is 349 g/mol. The van der Waals surface area contributed by atoms with Crippen molar-refractivity contribution >= 4 is 16.8 Å². The first-order valence-electron chi connectivity index (χ1n) is 9.62. The molecule has 6 nitrogen and oxygen atoms in total. The molecule has 0 spiro atoms. The van der Waals surface area contributed by atoms with E-state index in [0.717, 1.165) is 54.9 Å². The number of likely N-dealkylation sites (tertiary alicyclic amines) is 1. The maximum atomic E-state index is 13.2. The molecule has 2 aliphatic heterocycles. The molecule has 134 valence electrons. The van der Waals surface area contributed by atoms with Crippen LogP contribution in [-0.4, -0.2) is 37.1 Å². The number of rotatable bonds is 2. The average Bonchev–Trinajstić information content (AvgIpc) is 3.35. The number of aryl methyl sites for hydroxylation is 1. The van der Waals surface area contributed by atoms with Gasteiger partial charge in [-0.05, 0) is 37.8 Å². The maximum absolute atomic E-state index is 13.2. The van der Waals surface area contributed by atoms with E-state index in [4.69, 9.17) is 0 Å². The van der Waals surface area contributed by atoms with Gasteiger partial charge in [-0.2, -0.15) is 0 Å². The molecule has 5 rings (SSSR count). The third kappa shape index (κ3) is 2.52. The Balaban J connectivity index is 1.47. The highest BCUT2D eigenvalue weighted by atomic mass is 16.2. The topological polar surface area (TPSA) is 66.8 Å². The lowest BCUT2D eigenvalue weighted by Crippen LogP contribution is -2.32. The number of carbonyl (C=O) groups is 1. The van der Waals surface area contributed by atoms with E-state index in [1.165, 1.54) is 19.3 Å². The number of aromatic amines is 1. The van der Waals surface area contributed by atoms with Crippen LogP contribution >= 0.6 is 0 Å². The molecule has 1 saturated heterocycles. The second kappa shape index (κ2) is 6.27. The van der Waals surface area contributed by atoms with Gasteiger partial charge in [-0.3, -0.25) is 4.79 Å². The van der Waals surface area contributed by atoms with E-state index in [-0.39, 0.29) is 11.9 Å². The Bertz CT molecular complexity index is 923. The van der Waals surface area contributed by atoms with E-state index >= 15 is 0 Å². The fourth-order valence-electron chi connectivity index (χ4n) is 4.38. The van der Waals surface area contributed by atoms with Gasteiger partial charge in [-0.1, -0.05) is 24.6 Å². The highest BCUT2D eigenvalue weighted by Crippen LogP contribution is 2.33. The number of aromatic nitrogens is 4. The van der Waals surface area contributed by atoms with Gasteiger partial charge < -0.3 is 14.5 Å². The van der Waals surface area contributed by atoms with Gasteiger partial charge in [0.15, 0.2) is 5.82 Å². The van der Waals surface area contributed by atoms with Crippen molar-refractivity contribution in [2.75, 3.05) is 6.54 Å². The van der Waals surface area contributed by atoms with Gasteiger partial charge in [0.2, 0.25) is 0 Å². The lowest BCUT2D eigenvalue weighted by Gasteiger charge is -2.24. The molecule has 2 aliphatic rings. The number of nitrogens with zero attached hydrogens (tertiary/aromatic N) is 4. The first kappa shape index (κ1) is 15.6. The van der Waals surface area contributed by atoms with Crippen LogP contribution in [-0.2, 0) is 13.0 Å². The van der Waals surface area contributed by atoms with Crippen molar-refractivity contribution in [3.05, 3.63) is 47.7 Å². The molecule has 1 amide bonds. The Kier molecular flexibility index (Phi) is 3.76. The zero-order valence-corrected chi connectivity index (χ0v) is 14.8. The highest BCUT2D eigenvalue weighted by molar-refractivity contribution is 5.98. The smallest absolute Gasteiger partial charge is 0.270 e.